The maximum atomic E-state index is 12.8. The van der Waals surface area contributed by atoms with Crippen molar-refractivity contribution in [1.82, 2.24) is 19.9 Å². The van der Waals surface area contributed by atoms with Crippen molar-refractivity contribution >= 4 is 43.5 Å². The quantitative estimate of drug-likeness (QED) is 0.317. The molecule has 0 radical (unpaired) electrons. The van der Waals surface area contributed by atoms with Crippen molar-refractivity contribution in [1.29, 1.82) is 0 Å². The fourth-order valence-electron chi connectivity index (χ4n) is 3.26. The van der Waals surface area contributed by atoms with Gasteiger partial charge in [0, 0.05) is 44.1 Å². The molecule has 0 aliphatic carbocycles. The molecule has 0 atom stereocenters. The van der Waals surface area contributed by atoms with Gasteiger partial charge in [-0.3, -0.25) is 4.79 Å². The average molecular weight is 421 g/mol. The number of fused-ring (bicyclic) bond motifs is 2. The number of ketones is 1. The zero-order valence-corrected chi connectivity index (χ0v) is 15.5. The van der Waals surface area contributed by atoms with Crippen LogP contribution in [-0.2, 0) is 0 Å². The number of rotatable bonds is 3. The third-order valence-electron chi connectivity index (χ3n) is 4.58. The second kappa shape index (κ2) is 5.85. The fourth-order valence-corrected chi connectivity index (χ4v) is 3.62. The van der Waals surface area contributed by atoms with Gasteiger partial charge in [-0.15, -0.1) is 0 Å². The number of phenols is 1. The predicted octanol–water partition coefficient (Wildman–Crippen LogP) is 4.74. The van der Waals surface area contributed by atoms with Crippen molar-refractivity contribution < 1.29 is 9.90 Å². The summed E-state index contributed by atoms with van der Waals surface area (Å²) >= 11 is 3.46. The Morgan fingerprint density at radius 3 is 2.81 bits per heavy atom. The zero-order valence-electron chi connectivity index (χ0n) is 13.9. The number of benzene rings is 2. The molecule has 2 aromatic carbocycles. The molecule has 0 spiro atoms. The Bertz CT molecular complexity index is 1330. The van der Waals surface area contributed by atoms with Gasteiger partial charge in [0.25, 0.3) is 0 Å². The molecule has 0 aliphatic heterocycles. The number of aromatic amines is 3. The number of aromatic hydroxyl groups is 1. The highest BCUT2D eigenvalue weighted by Crippen LogP contribution is 2.29. The molecule has 7 heteroatoms. The maximum absolute atomic E-state index is 12.8. The number of H-pyrrole nitrogens is 3. The van der Waals surface area contributed by atoms with Crippen LogP contribution in [0.5, 0.6) is 5.75 Å². The monoisotopic (exact) mass is 420 g/mol. The molecule has 0 amide bonds. The van der Waals surface area contributed by atoms with Crippen LogP contribution in [0.25, 0.3) is 33.1 Å². The number of nitrogens with one attached hydrogen (secondary N) is 3. The predicted molar refractivity (Wildman–Crippen MR) is 107 cm³/mol. The van der Waals surface area contributed by atoms with Crippen LogP contribution < -0.4 is 0 Å². The van der Waals surface area contributed by atoms with Crippen molar-refractivity contribution in [2.24, 2.45) is 0 Å². The second-order valence-electron chi connectivity index (χ2n) is 6.32. The molecule has 0 bridgehead atoms. The Labute approximate surface area is 161 Å². The van der Waals surface area contributed by atoms with Crippen LogP contribution in [0.2, 0.25) is 0 Å². The first-order valence-corrected chi connectivity index (χ1v) is 9.06. The summed E-state index contributed by atoms with van der Waals surface area (Å²) in [5, 5.41) is 11.5. The first-order chi connectivity index (χ1) is 13.1. The summed E-state index contributed by atoms with van der Waals surface area (Å²) < 4.78 is 0.994. The lowest BCUT2D eigenvalue weighted by Gasteiger charge is -1.96. The summed E-state index contributed by atoms with van der Waals surface area (Å²) in [6, 6.07) is 12.7. The summed E-state index contributed by atoms with van der Waals surface area (Å²) in [4.78, 5) is 26.4. The third kappa shape index (κ3) is 2.63. The normalized spacial score (nSPS) is 11.4. The van der Waals surface area contributed by atoms with Crippen LogP contribution >= 0.6 is 15.9 Å². The van der Waals surface area contributed by atoms with Crippen molar-refractivity contribution in [3.63, 3.8) is 0 Å². The average Bonchev–Trinajstić information content (AvgIpc) is 3.37. The number of carbonyl (C=O) groups excluding carboxylic acids is 1. The van der Waals surface area contributed by atoms with Crippen molar-refractivity contribution in [2.75, 3.05) is 0 Å². The van der Waals surface area contributed by atoms with Gasteiger partial charge in [0.15, 0.2) is 5.82 Å². The summed E-state index contributed by atoms with van der Waals surface area (Å²) in [6.07, 6.45) is 3.55. The lowest BCUT2D eigenvalue weighted by atomic mass is 10.1. The standard InChI is InChI=1S/C20H13BrN4O2/c21-11-2-4-13-14(8-22-16(13)6-11)18-9-23-20(25-18)19(27)17-5-10-1-3-12(26)7-15(10)24-17/h1-9,22,24,26H,(H,23,25). The molecule has 0 saturated heterocycles. The van der Waals surface area contributed by atoms with Gasteiger partial charge in [0.1, 0.15) is 5.75 Å². The molecule has 0 saturated carbocycles. The van der Waals surface area contributed by atoms with Gasteiger partial charge >= 0.3 is 0 Å². The van der Waals surface area contributed by atoms with Crippen LogP contribution in [0.1, 0.15) is 16.3 Å². The van der Waals surface area contributed by atoms with Gasteiger partial charge in [-0.05, 0) is 30.3 Å². The number of imidazole rings is 1. The van der Waals surface area contributed by atoms with E-state index in [1.54, 1.807) is 30.5 Å². The van der Waals surface area contributed by atoms with Gasteiger partial charge in [-0.25, -0.2) is 4.98 Å². The van der Waals surface area contributed by atoms with Gasteiger partial charge in [-0.2, -0.15) is 0 Å². The Kier molecular flexibility index (Phi) is 3.45. The number of carbonyl (C=O) groups is 1. The van der Waals surface area contributed by atoms with E-state index in [4.69, 9.17) is 0 Å². The third-order valence-corrected chi connectivity index (χ3v) is 5.07. The highest BCUT2D eigenvalue weighted by molar-refractivity contribution is 9.10. The number of aromatic nitrogens is 4. The first kappa shape index (κ1) is 15.9. The van der Waals surface area contributed by atoms with E-state index in [9.17, 15) is 9.90 Å². The maximum Gasteiger partial charge on any atom is 0.244 e. The zero-order chi connectivity index (χ0) is 18.5. The number of halogens is 1. The number of phenolic OH excluding ortho intramolecular Hbond substituents is 1. The molecule has 3 heterocycles. The molecule has 3 aromatic heterocycles. The highest BCUT2D eigenvalue weighted by atomic mass is 79.9. The second-order valence-corrected chi connectivity index (χ2v) is 7.24. The molecular weight excluding hydrogens is 408 g/mol. The summed E-state index contributed by atoms with van der Waals surface area (Å²) in [5.74, 6) is 0.168. The molecule has 0 unspecified atom stereocenters. The van der Waals surface area contributed by atoms with Crippen LogP contribution in [0.15, 0.2) is 59.3 Å². The summed E-state index contributed by atoms with van der Waals surface area (Å²) in [5.41, 5.74) is 3.83. The van der Waals surface area contributed by atoms with E-state index >= 15 is 0 Å². The van der Waals surface area contributed by atoms with Crippen molar-refractivity contribution in [2.45, 2.75) is 0 Å². The number of nitrogens with zero attached hydrogens (tertiary/aromatic N) is 1. The smallest absolute Gasteiger partial charge is 0.244 e. The molecule has 0 fully saturated rings. The SMILES string of the molecule is O=C(c1cc2ccc(O)cc2[nH]1)c1ncc(-c2c[nH]c3cc(Br)ccc23)[nH]1. The lowest BCUT2D eigenvalue weighted by Crippen LogP contribution is -2.03. The van der Waals surface area contributed by atoms with E-state index in [0.29, 0.717) is 11.2 Å². The van der Waals surface area contributed by atoms with Crippen LogP contribution in [0, 0.1) is 0 Å². The van der Waals surface area contributed by atoms with Gasteiger partial charge < -0.3 is 20.1 Å². The first-order valence-electron chi connectivity index (χ1n) is 8.27. The molecule has 4 N–H and O–H groups in total. The van der Waals surface area contributed by atoms with Crippen LogP contribution in [0.3, 0.4) is 0 Å². The largest absolute Gasteiger partial charge is 0.508 e. The molecule has 6 nitrogen and oxygen atoms in total. The van der Waals surface area contributed by atoms with E-state index in [1.807, 2.05) is 24.4 Å². The van der Waals surface area contributed by atoms with Gasteiger partial charge in [0.2, 0.25) is 5.78 Å². The van der Waals surface area contributed by atoms with E-state index in [-0.39, 0.29) is 17.4 Å². The Morgan fingerprint density at radius 2 is 1.93 bits per heavy atom. The fraction of sp³-hybridized carbons (Fsp3) is 0. The number of hydrogen-bond acceptors (Lipinski definition) is 3. The van der Waals surface area contributed by atoms with E-state index in [0.717, 1.165) is 32.0 Å². The van der Waals surface area contributed by atoms with Crippen LogP contribution in [-0.4, -0.2) is 30.8 Å². The van der Waals surface area contributed by atoms with E-state index in [1.165, 1.54) is 0 Å². The van der Waals surface area contributed by atoms with Gasteiger partial charge in [0.05, 0.1) is 17.6 Å². The Morgan fingerprint density at radius 1 is 1.04 bits per heavy atom. The van der Waals surface area contributed by atoms with E-state index < -0.39 is 0 Å². The van der Waals surface area contributed by atoms with Crippen LogP contribution in [0.4, 0.5) is 0 Å². The molecular formula is C20H13BrN4O2. The van der Waals surface area contributed by atoms with E-state index in [2.05, 4.69) is 35.9 Å². The van der Waals surface area contributed by atoms with Crippen molar-refractivity contribution in [3.8, 4) is 17.0 Å². The highest BCUT2D eigenvalue weighted by Gasteiger charge is 2.17. The summed E-state index contributed by atoms with van der Waals surface area (Å²) in [7, 11) is 0. The molecule has 0 aliphatic rings. The lowest BCUT2D eigenvalue weighted by molar-refractivity contribution is 0.102. The topological polar surface area (TPSA) is 97.6 Å². The Hall–Kier alpha value is -3.32. The molecule has 5 rings (SSSR count). The minimum atomic E-state index is -0.237. The number of hydrogen-bond donors (Lipinski definition) is 4. The molecule has 132 valence electrons. The van der Waals surface area contributed by atoms with Crippen molar-refractivity contribution in [3.05, 3.63) is 70.8 Å². The molecule has 27 heavy (non-hydrogen) atoms. The summed E-state index contributed by atoms with van der Waals surface area (Å²) in [6.45, 7) is 0. The van der Waals surface area contributed by atoms with Gasteiger partial charge in [-0.1, -0.05) is 22.0 Å². The molecule has 5 aromatic rings. The minimum absolute atomic E-state index is 0.148. The minimum Gasteiger partial charge on any atom is -0.508 e. The Balaban J connectivity index is 1.52.